The molecule has 0 aromatic rings. The minimum absolute atomic E-state index is 0.0415. The summed E-state index contributed by atoms with van der Waals surface area (Å²) in [4.78, 5) is 23.7. The van der Waals surface area contributed by atoms with E-state index in [-0.39, 0.29) is 23.8 Å². The quantitative estimate of drug-likeness (QED) is 0.677. The largest absolute Gasteiger partial charge is 0.353 e. The van der Waals surface area contributed by atoms with Gasteiger partial charge in [0.25, 0.3) is 0 Å². The lowest BCUT2D eigenvalue weighted by Crippen LogP contribution is -2.48. The summed E-state index contributed by atoms with van der Waals surface area (Å²) >= 11 is 0. The molecule has 2 amide bonds. The van der Waals surface area contributed by atoms with Gasteiger partial charge in [0.2, 0.25) is 11.8 Å². The van der Waals surface area contributed by atoms with Crippen LogP contribution in [0.1, 0.15) is 44.9 Å². The van der Waals surface area contributed by atoms with Crippen molar-refractivity contribution in [3.63, 3.8) is 0 Å². The summed E-state index contributed by atoms with van der Waals surface area (Å²) in [5.41, 5.74) is 5.57. The van der Waals surface area contributed by atoms with Gasteiger partial charge in [-0.05, 0) is 61.7 Å². The summed E-state index contributed by atoms with van der Waals surface area (Å²) < 4.78 is 0. The molecule has 4 bridgehead atoms. The number of carbonyl (C=O) groups excluding carboxylic acids is 2. The molecule has 4 aliphatic carbocycles. The number of rotatable bonds is 6. The second-order valence-electron chi connectivity index (χ2n) is 7.51. The number of hydrogen-bond acceptors (Lipinski definition) is 3. The summed E-state index contributed by atoms with van der Waals surface area (Å²) in [7, 11) is 0. The van der Waals surface area contributed by atoms with Crippen LogP contribution in [0, 0.1) is 23.2 Å². The van der Waals surface area contributed by atoms with Crippen LogP contribution in [-0.2, 0) is 9.59 Å². The number of amides is 2. The first-order valence-corrected chi connectivity index (χ1v) is 8.32. The smallest absolute Gasteiger partial charge is 0.239 e. The van der Waals surface area contributed by atoms with Gasteiger partial charge in [0, 0.05) is 19.5 Å². The van der Waals surface area contributed by atoms with Crippen molar-refractivity contribution in [1.29, 1.82) is 0 Å². The van der Waals surface area contributed by atoms with Crippen molar-refractivity contribution in [2.24, 2.45) is 28.9 Å². The van der Waals surface area contributed by atoms with Crippen molar-refractivity contribution in [2.75, 3.05) is 19.6 Å². The van der Waals surface area contributed by atoms with Crippen LogP contribution in [0.25, 0.3) is 0 Å². The SMILES string of the molecule is NCCNC(=O)CNC(=O)CC12CC3CC(CC(C3)C1)C2. The van der Waals surface area contributed by atoms with E-state index in [0.717, 1.165) is 17.8 Å². The van der Waals surface area contributed by atoms with Gasteiger partial charge in [0.1, 0.15) is 0 Å². The Morgan fingerprint density at radius 2 is 1.52 bits per heavy atom. The molecule has 0 aromatic carbocycles. The van der Waals surface area contributed by atoms with Gasteiger partial charge in [0.15, 0.2) is 0 Å². The molecule has 4 fully saturated rings. The zero-order valence-corrected chi connectivity index (χ0v) is 12.7. The standard InChI is InChI=1S/C16H27N3O2/c17-1-2-18-15(21)10-19-14(20)9-16-6-11-3-12(7-16)5-13(4-11)8-16/h11-13H,1-10,17H2,(H,18,21)(H,19,20). The van der Waals surface area contributed by atoms with E-state index in [1.54, 1.807) is 0 Å². The zero-order chi connectivity index (χ0) is 14.9. The van der Waals surface area contributed by atoms with Crippen molar-refractivity contribution in [3.8, 4) is 0 Å². The van der Waals surface area contributed by atoms with Gasteiger partial charge < -0.3 is 16.4 Å². The van der Waals surface area contributed by atoms with Gasteiger partial charge in [0.05, 0.1) is 6.54 Å². The minimum Gasteiger partial charge on any atom is -0.353 e. The molecule has 0 aromatic heterocycles. The molecule has 21 heavy (non-hydrogen) atoms. The van der Waals surface area contributed by atoms with Gasteiger partial charge in [-0.3, -0.25) is 9.59 Å². The van der Waals surface area contributed by atoms with E-state index in [1.807, 2.05) is 0 Å². The molecule has 0 spiro atoms. The topological polar surface area (TPSA) is 84.2 Å². The molecule has 4 aliphatic rings. The zero-order valence-electron chi connectivity index (χ0n) is 12.7. The van der Waals surface area contributed by atoms with Gasteiger partial charge in [-0.1, -0.05) is 0 Å². The van der Waals surface area contributed by atoms with E-state index in [0.29, 0.717) is 19.5 Å². The molecule has 4 saturated carbocycles. The molecule has 0 aliphatic heterocycles. The predicted molar refractivity (Wildman–Crippen MR) is 80.3 cm³/mol. The lowest BCUT2D eigenvalue weighted by molar-refractivity contribution is -0.131. The van der Waals surface area contributed by atoms with Crippen LogP contribution < -0.4 is 16.4 Å². The molecular formula is C16H27N3O2. The first-order chi connectivity index (χ1) is 10.1. The molecule has 0 unspecified atom stereocenters. The van der Waals surface area contributed by atoms with Crippen LogP contribution in [0.3, 0.4) is 0 Å². The van der Waals surface area contributed by atoms with Crippen LogP contribution >= 0.6 is 0 Å². The fraction of sp³-hybridized carbons (Fsp3) is 0.875. The number of carbonyl (C=O) groups is 2. The summed E-state index contributed by atoms with van der Waals surface area (Å²) in [6, 6.07) is 0. The van der Waals surface area contributed by atoms with Gasteiger partial charge in [-0.2, -0.15) is 0 Å². The van der Waals surface area contributed by atoms with Crippen molar-refractivity contribution in [1.82, 2.24) is 10.6 Å². The maximum atomic E-state index is 12.2. The fourth-order valence-corrected chi connectivity index (χ4v) is 5.36. The summed E-state index contributed by atoms with van der Waals surface area (Å²) in [5, 5.41) is 5.44. The number of nitrogens with one attached hydrogen (secondary N) is 2. The second kappa shape index (κ2) is 5.95. The minimum atomic E-state index is -0.153. The Balaban J connectivity index is 1.48. The molecule has 4 rings (SSSR count). The van der Waals surface area contributed by atoms with Crippen molar-refractivity contribution in [3.05, 3.63) is 0 Å². The highest BCUT2D eigenvalue weighted by atomic mass is 16.2. The van der Waals surface area contributed by atoms with Crippen molar-refractivity contribution in [2.45, 2.75) is 44.9 Å². The molecule has 4 N–H and O–H groups in total. The first-order valence-electron chi connectivity index (χ1n) is 8.32. The van der Waals surface area contributed by atoms with Crippen LogP contribution in [-0.4, -0.2) is 31.4 Å². The average molecular weight is 293 g/mol. The molecule has 0 atom stereocenters. The molecule has 5 nitrogen and oxygen atoms in total. The van der Waals surface area contributed by atoms with Gasteiger partial charge >= 0.3 is 0 Å². The molecule has 5 heteroatoms. The lowest BCUT2D eigenvalue weighted by Gasteiger charge is -2.56. The summed E-state index contributed by atoms with van der Waals surface area (Å²) in [5.74, 6) is 2.46. The molecule has 0 saturated heterocycles. The average Bonchev–Trinajstić information content (AvgIpc) is 2.40. The van der Waals surface area contributed by atoms with Crippen LogP contribution in [0.2, 0.25) is 0 Å². The highest BCUT2D eigenvalue weighted by molar-refractivity contribution is 5.84. The monoisotopic (exact) mass is 293 g/mol. The van der Waals surface area contributed by atoms with E-state index < -0.39 is 0 Å². The second-order valence-corrected chi connectivity index (χ2v) is 7.51. The molecule has 0 heterocycles. The van der Waals surface area contributed by atoms with E-state index in [4.69, 9.17) is 5.73 Å². The summed E-state index contributed by atoms with van der Waals surface area (Å²) in [6.07, 6.45) is 8.47. The summed E-state index contributed by atoms with van der Waals surface area (Å²) in [6.45, 7) is 0.960. The van der Waals surface area contributed by atoms with Crippen LogP contribution in [0.4, 0.5) is 0 Å². The van der Waals surface area contributed by atoms with E-state index >= 15 is 0 Å². The normalized spacial score (nSPS) is 36.5. The number of nitrogens with two attached hydrogens (primary N) is 1. The first kappa shape index (κ1) is 14.8. The van der Waals surface area contributed by atoms with Crippen molar-refractivity contribution >= 4 is 11.8 Å². The Hall–Kier alpha value is -1.10. The Kier molecular flexibility index (Phi) is 4.20. The third-order valence-electron chi connectivity index (χ3n) is 5.61. The van der Waals surface area contributed by atoms with E-state index in [1.165, 1.54) is 38.5 Å². The maximum absolute atomic E-state index is 12.2. The van der Waals surface area contributed by atoms with Crippen LogP contribution in [0.15, 0.2) is 0 Å². The van der Waals surface area contributed by atoms with Gasteiger partial charge in [-0.15, -0.1) is 0 Å². The molecule has 0 radical (unpaired) electrons. The third-order valence-corrected chi connectivity index (χ3v) is 5.61. The Labute approximate surface area is 126 Å². The Morgan fingerprint density at radius 1 is 0.952 bits per heavy atom. The molecular weight excluding hydrogens is 266 g/mol. The highest BCUT2D eigenvalue weighted by Crippen LogP contribution is 2.61. The van der Waals surface area contributed by atoms with Gasteiger partial charge in [-0.25, -0.2) is 0 Å². The highest BCUT2D eigenvalue weighted by Gasteiger charge is 2.51. The van der Waals surface area contributed by atoms with E-state index in [9.17, 15) is 9.59 Å². The van der Waals surface area contributed by atoms with E-state index in [2.05, 4.69) is 10.6 Å². The Bertz CT molecular complexity index is 386. The molecule has 118 valence electrons. The number of hydrogen-bond donors (Lipinski definition) is 3. The lowest BCUT2D eigenvalue weighted by atomic mass is 9.49. The predicted octanol–water partition coefficient (Wildman–Crippen LogP) is 0.784. The van der Waals surface area contributed by atoms with Crippen LogP contribution in [0.5, 0.6) is 0 Å². The van der Waals surface area contributed by atoms with Crippen molar-refractivity contribution < 1.29 is 9.59 Å². The maximum Gasteiger partial charge on any atom is 0.239 e. The third kappa shape index (κ3) is 3.39. The fourth-order valence-electron chi connectivity index (χ4n) is 5.36. The Morgan fingerprint density at radius 3 is 2.05 bits per heavy atom.